The lowest BCUT2D eigenvalue weighted by atomic mass is 10.2. The third-order valence-corrected chi connectivity index (χ3v) is 2.53. The van der Waals surface area contributed by atoms with Crippen LogP contribution in [0.5, 0.6) is 0 Å². The second kappa shape index (κ2) is 5.69. The molecular formula is C15H13N3O. The van der Waals surface area contributed by atoms with Gasteiger partial charge >= 0.3 is 0 Å². The molecule has 19 heavy (non-hydrogen) atoms. The van der Waals surface area contributed by atoms with Crippen LogP contribution in [-0.4, -0.2) is 5.91 Å². The molecule has 2 aromatic rings. The number of carbonyl (C=O) groups excluding carboxylic acids is 1. The first-order chi connectivity index (χ1) is 9.19. The summed E-state index contributed by atoms with van der Waals surface area (Å²) >= 11 is 0. The second-order valence-electron chi connectivity index (χ2n) is 4.04. The highest BCUT2D eigenvalue weighted by Gasteiger charge is 2.01. The van der Waals surface area contributed by atoms with Gasteiger partial charge in [-0.15, -0.1) is 0 Å². The fourth-order valence-corrected chi connectivity index (χ4v) is 1.69. The summed E-state index contributed by atoms with van der Waals surface area (Å²) in [6.07, 6.45) is 0. The first-order valence-corrected chi connectivity index (χ1v) is 5.83. The van der Waals surface area contributed by atoms with Crippen molar-refractivity contribution in [1.29, 1.82) is 5.26 Å². The Morgan fingerprint density at radius 2 is 1.68 bits per heavy atom. The van der Waals surface area contributed by atoms with Gasteiger partial charge in [0.05, 0.1) is 11.3 Å². The molecule has 0 fully saturated rings. The molecule has 0 aliphatic heterocycles. The van der Waals surface area contributed by atoms with E-state index in [0.29, 0.717) is 5.56 Å². The molecule has 0 aliphatic rings. The number of para-hydroxylation sites is 1. The number of amides is 1. The van der Waals surface area contributed by atoms with Gasteiger partial charge in [0, 0.05) is 18.3 Å². The van der Waals surface area contributed by atoms with Crippen LogP contribution in [0.25, 0.3) is 0 Å². The van der Waals surface area contributed by atoms with Crippen LogP contribution in [0.2, 0.25) is 0 Å². The SMILES string of the molecule is CC(=O)Nc1ccc(Nc2ccccc2C#N)cc1. The molecule has 2 aromatic carbocycles. The predicted molar refractivity (Wildman–Crippen MR) is 75.2 cm³/mol. The van der Waals surface area contributed by atoms with Crippen LogP contribution in [0.1, 0.15) is 12.5 Å². The zero-order valence-corrected chi connectivity index (χ0v) is 10.5. The van der Waals surface area contributed by atoms with Crippen molar-refractivity contribution in [3.63, 3.8) is 0 Å². The van der Waals surface area contributed by atoms with E-state index in [9.17, 15) is 4.79 Å². The summed E-state index contributed by atoms with van der Waals surface area (Å²) in [5, 5.41) is 14.9. The summed E-state index contributed by atoms with van der Waals surface area (Å²) in [6.45, 7) is 1.47. The summed E-state index contributed by atoms with van der Waals surface area (Å²) < 4.78 is 0. The first kappa shape index (κ1) is 12.7. The maximum absolute atomic E-state index is 10.9. The van der Waals surface area contributed by atoms with Gasteiger partial charge in [-0.05, 0) is 36.4 Å². The lowest BCUT2D eigenvalue weighted by Gasteiger charge is -2.09. The minimum atomic E-state index is -0.101. The average molecular weight is 251 g/mol. The van der Waals surface area contributed by atoms with Gasteiger partial charge in [-0.1, -0.05) is 12.1 Å². The molecular weight excluding hydrogens is 238 g/mol. The highest BCUT2D eigenvalue weighted by atomic mass is 16.1. The Kier molecular flexibility index (Phi) is 3.79. The smallest absolute Gasteiger partial charge is 0.221 e. The van der Waals surface area contributed by atoms with E-state index < -0.39 is 0 Å². The quantitative estimate of drug-likeness (QED) is 0.880. The van der Waals surface area contributed by atoms with E-state index in [4.69, 9.17) is 5.26 Å². The summed E-state index contributed by atoms with van der Waals surface area (Å²) in [5.74, 6) is -0.101. The molecule has 0 spiro atoms. The Bertz CT molecular complexity index is 627. The van der Waals surface area contributed by atoms with E-state index in [-0.39, 0.29) is 5.91 Å². The number of nitriles is 1. The lowest BCUT2D eigenvalue weighted by molar-refractivity contribution is -0.114. The van der Waals surface area contributed by atoms with Gasteiger partial charge in [0.2, 0.25) is 5.91 Å². The predicted octanol–water partition coefficient (Wildman–Crippen LogP) is 3.26. The maximum Gasteiger partial charge on any atom is 0.221 e. The van der Waals surface area contributed by atoms with Crippen LogP contribution < -0.4 is 10.6 Å². The first-order valence-electron chi connectivity index (χ1n) is 5.83. The van der Waals surface area contributed by atoms with E-state index in [1.807, 2.05) is 30.3 Å². The monoisotopic (exact) mass is 251 g/mol. The van der Waals surface area contributed by atoms with Crippen molar-refractivity contribution >= 4 is 23.0 Å². The molecule has 0 heterocycles. The minimum Gasteiger partial charge on any atom is -0.354 e. The molecule has 4 heteroatoms. The molecule has 0 saturated heterocycles. The normalized spacial score (nSPS) is 9.47. The topological polar surface area (TPSA) is 64.9 Å². The third kappa shape index (κ3) is 3.33. The Morgan fingerprint density at radius 3 is 2.32 bits per heavy atom. The van der Waals surface area contributed by atoms with E-state index >= 15 is 0 Å². The number of rotatable bonds is 3. The van der Waals surface area contributed by atoms with Crippen molar-refractivity contribution in [2.24, 2.45) is 0 Å². The fourth-order valence-electron chi connectivity index (χ4n) is 1.69. The van der Waals surface area contributed by atoms with Crippen molar-refractivity contribution < 1.29 is 4.79 Å². The molecule has 2 rings (SSSR count). The number of carbonyl (C=O) groups is 1. The lowest BCUT2D eigenvalue weighted by Crippen LogP contribution is -2.05. The van der Waals surface area contributed by atoms with Crippen LogP contribution in [0, 0.1) is 11.3 Å². The van der Waals surface area contributed by atoms with Gasteiger partial charge in [0.25, 0.3) is 0 Å². The van der Waals surface area contributed by atoms with Crippen LogP contribution in [-0.2, 0) is 4.79 Å². The van der Waals surface area contributed by atoms with Gasteiger partial charge in [0.1, 0.15) is 6.07 Å². The summed E-state index contributed by atoms with van der Waals surface area (Å²) in [7, 11) is 0. The molecule has 0 atom stereocenters. The zero-order valence-electron chi connectivity index (χ0n) is 10.5. The van der Waals surface area contributed by atoms with Crippen LogP contribution in [0.4, 0.5) is 17.1 Å². The fraction of sp³-hybridized carbons (Fsp3) is 0.0667. The average Bonchev–Trinajstić information content (AvgIpc) is 2.41. The second-order valence-corrected chi connectivity index (χ2v) is 4.04. The Morgan fingerprint density at radius 1 is 1.05 bits per heavy atom. The zero-order chi connectivity index (χ0) is 13.7. The highest BCUT2D eigenvalue weighted by Crippen LogP contribution is 2.21. The molecule has 0 aromatic heterocycles. The number of anilines is 3. The van der Waals surface area contributed by atoms with Gasteiger partial charge in [-0.25, -0.2) is 0 Å². The number of nitrogens with zero attached hydrogens (tertiary/aromatic N) is 1. The molecule has 0 aliphatic carbocycles. The van der Waals surface area contributed by atoms with Crippen LogP contribution in [0.15, 0.2) is 48.5 Å². The van der Waals surface area contributed by atoms with Crippen LogP contribution >= 0.6 is 0 Å². The Balaban J connectivity index is 2.16. The van der Waals surface area contributed by atoms with Crippen molar-refractivity contribution in [1.82, 2.24) is 0 Å². The van der Waals surface area contributed by atoms with Crippen LogP contribution in [0.3, 0.4) is 0 Å². The number of benzene rings is 2. The third-order valence-electron chi connectivity index (χ3n) is 2.53. The van der Waals surface area contributed by atoms with Crippen molar-refractivity contribution in [2.45, 2.75) is 6.92 Å². The number of hydrogen-bond donors (Lipinski definition) is 2. The molecule has 0 saturated carbocycles. The van der Waals surface area contributed by atoms with Crippen molar-refractivity contribution in [2.75, 3.05) is 10.6 Å². The van der Waals surface area contributed by atoms with E-state index in [0.717, 1.165) is 17.1 Å². The number of nitrogens with one attached hydrogen (secondary N) is 2. The summed E-state index contributed by atoms with van der Waals surface area (Å²) in [6, 6.07) is 16.7. The van der Waals surface area contributed by atoms with Gasteiger partial charge < -0.3 is 10.6 Å². The maximum atomic E-state index is 10.9. The molecule has 0 bridgehead atoms. The summed E-state index contributed by atoms with van der Waals surface area (Å²) in [5.41, 5.74) is 2.95. The molecule has 2 N–H and O–H groups in total. The standard InChI is InChI=1S/C15H13N3O/c1-11(19)17-13-6-8-14(9-7-13)18-15-5-3-2-4-12(15)10-16/h2-9,18H,1H3,(H,17,19). The molecule has 4 nitrogen and oxygen atoms in total. The molecule has 0 radical (unpaired) electrons. The molecule has 1 amide bonds. The van der Waals surface area contributed by atoms with Crippen molar-refractivity contribution in [3.8, 4) is 6.07 Å². The van der Waals surface area contributed by atoms with E-state index in [2.05, 4.69) is 16.7 Å². The van der Waals surface area contributed by atoms with Gasteiger partial charge in [0.15, 0.2) is 0 Å². The Hall–Kier alpha value is -2.80. The van der Waals surface area contributed by atoms with E-state index in [1.54, 1.807) is 18.2 Å². The van der Waals surface area contributed by atoms with Gasteiger partial charge in [-0.3, -0.25) is 4.79 Å². The highest BCUT2D eigenvalue weighted by molar-refractivity contribution is 5.88. The minimum absolute atomic E-state index is 0.101. The van der Waals surface area contributed by atoms with E-state index in [1.165, 1.54) is 6.92 Å². The van der Waals surface area contributed by atoms with Gasteiger partial charge in [-0.2, -0.15) is 5.26 Å². The summed E-state index contributed by atoms with van der Waals surface area (Å²) in [4.78, 5) is 10.9. The molecule has 0 unspecified atom stereocenters. The largest absolute Gasteiger partial charge is 0.354 e. The molecule has 94 valence electrons. The van der Waals surface area contributed by atoms with Crippen molar-refractivity contribution in [3.05, 3.63) is 54.1 Å². The number of hydrogen-bond acceptors (Lipinski definition) is 3. The Labute approximate surface area is 111 Å².